The molecule has 0 aliphatic rings. The normalized spacial score (nSPS) is 20.1. The van der Waals surface area contributed by atoms with Crippen molar-refractivity contribution in [2.75, 3.05) is 0 Å². The molecule has 3 unspecified atom stereocenters. The summed E-state index contributed by atoms with van der Waals surface area (Å²) in [7, 11) is -1.94. The second-order valence-electron chi connectivity index (χ2n) is 7.33. The summed E-state index contributed by atoms with van der Waals surface area (Å²) in [5.74, 6) is 0.520. The van der Waals surface area contributed by atoms with E-state index in [-0.39, 0.29) is 0 Å². The van der Waals surface area contributed by atoms with Crippen LogP contribution in [0.15, 0.2) is 24.3 Å². The van der Waals surface area contributed by atoms with E-state index in [2.05, 4.69) is 45.6 Å². The van der Waals surface area contributed by atoms with Crippen molar-refractivity contribution in [2.45, 2.75) is 70.5 Å². The average molecular weight is 295 g/mol. The summed E-state index contributed by atoms with van der Waals surface area (Å²) in [4.78, 5) is 0. The van der Waals surface area contributed by atoms with E-state index < -0.39 is 18.9 Å². The van der Waals surface area contributed by atoms with E-state index in [1.165, 1.54) is 5.56 Å². The molecule has 2 nitrogen and oxygen atoms in total. The Balaban J connectivity index is 3.17. The minimum Gasteiger partial charge on any atom is -0.390 e. The summed E-state index contributed by atoms with van der Waals surface area (Å²) in [6.07, 6.45) is 1.10. The van der Waals surface area contributed by atoms with Crippen LogP contribution in [0.1, 0.15) is 51.2 Å². The Morgan fingerprint density at radius 2 is 1.50 bits per heavy atom. The van der Waals surface area contributed by atoms with Crippen LogP contribution in [0.2, 0.25) is 19.6 Å². The summed E-state index contributed by atoms with van der Waals surface area (Å²) < 4.78 is 0. The molecule has 20 heavy (non-hydrogen) atoms. The molecule has 0 heterocycles. The molecule has 0 amide bonds. The molecule has 0 aromatic heterocycles. The lowest BCUT2D eigenvalue weighted by Gasteiger charge is -2.46. The van der Waals surface area contributed by atoms with Gasteiger partial charge in [-0.2, -0.15) is 0 Å². The highest BCUT2D eigenvalue weighted by Gasteiger charge is 2.51. The fourth-order valence-electron chi connectivity index (χ4n) is 2.38. The van der Waals surface area contributed by atoms with Crippen LogP contribution in [0.4, 0.5) is 0 Å². The van der Waals surface area contributed by atoms with Gasteiger partial charge in [-0.1, -0.05) is 57.8 Å². The topological polar surface area (TPSA) is 40.5 Å². The van der Waals surface area contributed by atoms with Crippen LogP contribution in [0.5, 0.6) is 0 Å². The second kappa shape index (κ2) is 5.62. The molecule has 0 bridgehead atoms. The summed E-state index contributed by atoms with van der Waals surface area (Å²) in [5.41, 5.74) is 0.836. The lowest BCUT2D eigenvalue weighted by Crippen LogP contribution is -2.62. The molecule has 1 aromatic carbocycles. The van der Waals surface area contributed by atoms with Gasteiger partial charge in [0.1, 0.15) is 5.60 Å². The SMILES string of the molecule is CCC(C)c1ccc(C(C)(O)C(C)(O)[Si](C)(C)C)cc1. The monoisotopic (exact) mass is 294 g/mol. The maximum atomic E-state index is 10.9. The molecule has 0 fully saturated rings. The molecule has 1 aromatic rings. The maximum absolute atomic E-state index is 10.9. The molecule has 0 saturated carbocycles. The van der Waals surface area contributed by atoms with E-state index in [4.69, 9.17) is 0 Å². The molecule has 0 aliphatic heterocycles. The van der Waals surface area contributed by atoms with Gasteiger partial charge in [-0.25, -0.2) is 0 Å². The minimum atomic E-state index is -1.94. The largest absolute Gasteiger partial charge is 0.390 e. The Labute approximate surface area is 124 Å². The van der Waals surface area contributed by atoms with Crippen molar-refractivity contribution in [3.05, 3.63) is 35.4 Å². The van der Waals surface area contributed by atoms with Crippen LogP contribution in [0.25, 0.3) is 0 Å². The summed E-state index contributed by atoms with van der Waals surface area (Å²) in [6, 6.07) is 8.04. The van der Waals surface area contributed by atoms with E-state index >= 15 is 0 Å². The molecular weight excluding hydrogens is 264 g/mol. The van der Waals surface area contributed by atoms with E-state index in [9.17, 15) is 10.2 Å². The van der Waals surface area contributed by atoms with Gasteiger partial charge in [0.15, 0.2) is 0 Å². The Kier molecular flexibility index (Phi) is 4.90. The second-order valence-corrected chi connectivity index (χ2v) is 12.8. The third kappa shape index (κ3) is 3.00. The quantitative estimate of drug-likeness (QED) is 0.805. The van der Waals surface area contributed by atoms with Crippen LogP contribution in [0.3, 0.4) is 0 Å². The smallest absolute Gasteiger partial charge is 0.112 e. The lowest BCUT2D eigenvalue weighted by atomic mass is 9.88. The molecule has 0 saturated heterocycles. The number of benzene rings is 1. The standard InChI is InChI=1S/C17H30O2Si/c1-8-13(2)14-9-11-15(12-10-14)16(3,18)17(4,19)20(5,6)7/h9-13,18-19H,8H2,1-7H3. The first-order valence-corrected chi connectivity index (χ1v) is 11.0. The zero-order chi connectivity index (χ0) is 15.8. The van der Waals surface area contributed by atoms with Gasteiger partial charge in [0.2, 0.25) is 0 Å². The maximum Gasteiger partial charge on any atom is 0.112 e. The number of hydrogen-bond acceptors (Lipinski definition) is 2. The van der Waals surface area contributed by atoms with Crippen LogP contribution in [-0.2, 0) is 5.60 Å². The Morgan fingerprint density at radius 3 is 1.85 bits per heavy atom. The number of hydrogen-bond donors (Lipinski definition) is 2. The molecule has 2 N–H and O–H groups in total. The zero-order valence-electron chi connectivity index (χ0n) is 14.0. The van der Waals surface area contributed by atoms with Crippen molar-refractivity contribution in [2.24, 2.45) is 0 Å². The summed E-state index contributed by atoms with van der Waals surface area (Å²) in [5, 5.41) is 20.7. The van der Waals surface area contributed by atoms with E-state index in [0.717, 1.165) is 12.0 Å². The third-order valence-electron chi connectivity index (χ3n) is 5.06. The van der Waals surface area contributed by atoms with Gasteiger partial charge in [-0.15, -0.1) is 0 Å². The number of rotatable bonds is 5. The predicted octanol–water partition coefficient (Wildman–Crippen LogP) is 4.04. The molecule has 0 aliphatic carbocycles. The van der Waals surface area contributed by atoms with Crippen LogP contribution >= 0.6 is 0 Å². The molecule has 0 spiro atoms. The van der Waals surface area contributed by atoms with E-state index in [0.29, 0.717) is 5.92 Å². The van der Waals surface area contributed by atoms with Gasteiger partial charge < -0.3 is 10.2 Å². The van der Waals surface area contributed by atoms with Gasteiger partial charge >= 0.3 is 0 Å². The van der Waals surface area contributed by atoms with Crippen molar-refractivity contribution in [3.63, 3.8) is 0 Å². The molecule has 0 radical (unpaired) electrons. The van der Waals surface area contributed by atoms with Gasteiger partial charge in [-0.05, 0) is 37.3 Å². The van der Waals surface area contributed by atoms with Gasteiger partial charge in [0, 0.05) is 0 Å². The molecule has 3 atom stereocenters. The van der Waals surface area contributed by atoms with Gasteiger partial charge in [-0.3, -0.25) is 0 Å². The lowest BCUT2D eigenvalue weighted by molar-refractivity contribution is -0.0919. The molecular formula is C17H30O2Si. The van der Waals surface area contributed by atoms with E-state index in [1.807, 2.05) is 12.1 Å². The molecule has 114 valence electrons. The van der Waals surface area contributed by atoms with Crippen LogP contribution < -0.4 is 0 Å². The fourth-order valence-corrected chi connectivity index (χ4v) is 3.99. The van der Waals surface area contributed by atoms with Gasteiger partial charge in [0.05, 0.1) is 13.3 Å². The Morgan fingerprint density at radius 1 is 1.05 bits per heavy atom. The van der Waals surface area contributed by atoms with Crippen LogP contribution in [-0.4, -0.2) is 23.5 Å². The van der Waals surface area contributed by atoms with Crippen molar-refractivity contribution in [3.8, 4) is 0 Å². The van der Waals surface area contributed by atoms with Crippen LogP contribution in [0, 0.1) is 0 Å². The highest BCUT2D eigenvalue weighted by Crippen LogP contribution is 2.39. The summed E-state index contributed by atoms with van der Waals surface area (Å²) in [6.45, 7) is 14.1. The van der Waals surface area contributed by atoms with Crippen molar-refractivity contribution >= 4 is 8.07 Å². The molecule has 1 rings (SSSR count). The Hall–Kier alpha value is -0.643. The first-order valence-electron chi connectivity index (χ1n) is 7.50. The highest BCUT2D eigenvalue weighted by molar-refractivity contribution is 6.79. The Bertz CT molecular complexity index is 441. The third-order valence-corrected chi connectivity index (χ3v) is 8.47. The van der Waals surface area contributed by atoms with Crippen molar-refractivity contribution in [1.82, 2.24) is 0 Å². The molecule has 3 heteroatoms. The predicted molar refractivity (Wildman–Crippen MR) is 88.7 cm³/mol. The highest BCUT2D eigenvalue weighted by atomic mass is 28.3. The number of aliphatic hydroxyl groups is 2. The summed E-state index contributed by atoms with van der Waals surface area (Å²) >= 11 is 0. The van der Waals surface area contributed by atoms with E-state index in [1.54, 1.807) is 13.8 Å². The first kappa shape index (κ1) is 17.4. The van der Waals surface area contributed by atoms with Gasteiger partial charge in [0.25, 0.3) is 0 Å². The zero-order valence-corrected chi connectivity index (χ0v) is 15.0. The van der Waals surface area contributed by atoms with Crippen molar-refractivity contribution in [1.29, 1.82) is 0 Å². The minimum absolute atomic E-state index is 0.520. The van der Waals surface area contributed by atoms with Crippen molar-refractivity contribution < 1.29 is 10.2 Å². The first-order chi connectivity index (χ1) is 8.95. The fraction of sp³-hybridized carbons (Fsp3) is 0.647. The average Bonchev–Trinajstić information content (AvgIpc) is 2.36.